The number of benzene rings is 1. The molecule has 28 heavy (non-hydrogen) atoms. The predicted octanol–water partition coefficient (Wildman–Crippen LogP) is 7.30. The van der Waals surface area contributed by atoms with Crippen molar-refractivity contribution in [3.63, 3.8) is 0 Å². The lowest BCUT2D eigenvalue weighted by Crippen LogP contribution is -2.14. The molecule has 2 aliphatic rings. The Balaban J connectivity index is 1.50. The molecule has 1 atom stereocenters. The molecule has 3 rings (SSSR count). The number of hydrogen-bond acceptors (Lipinski definition) is 2. The van der Waals surface area contributed by atoms with Crippen LogP contribution in [-0.2, 0) is 9.53 Å². The van der Waals surface area contributed by atoms with Gasteiger partial charge in [0.2, 0.25) is 0 Å². The quantitative estimate of drug-likeness (QED) is 0.348. The van der Waals surface area contributed by atoms with Gasteiger partial charge in [0.15, 0.2) is 0 Å². The molecule has 2 aliphatic carbocycles. The van der Waals surface area contributed by atoms with Crippen molar-refractivity contribution in [2.45, 2.75) is 96.3 Å². The first kappa shape index (κ1) is 21.1. The molecule has 2 nitrogen and oxygen atoms in total. The van der Waals surface area contributed by atoms with Crippen LogP contribution in [0.5, 0.6) is 0 Å². The maximum Gasteiger partial charge on any atom is 0.333 e. The summed E-state index contributed by atoms with van der Waals surface area (Å²) >= 11 is 0. The monoisotopic (exact) mass is 382 g/mol. The number of hydrogen-bond donors (Lipinski definition) is 0. The summed E-state index contributed by atoms with van der Waals surface area (Å²) in [4.78, 5) is 12.1. The average Bonchev–Trinajstić information content (AvgIpc) is 2.75. The molecular formula is C26H38O2. The van der Waals surface area contributed by atoms with Crippen molar-refractivity contribution in [2.75, 3.05) is 6.61 Å². The molecule has 0 saturated heterocycles. The number of unbranched alkanes of at least 4 members (excludes halogenated alkanes) is 1. The molecule has 1 fully saturated rings. The molecule has 154 valence electrons. The third kappa shape index (κ3) is 5.72. The van der Waals surface area contributed by atoms with Crippen LogP contribution in [0.1, 0.15) is 107 Å². The Kier molecular flexibility index (Phi) is 8.18. The molecule has 1 aromatic rings. The minimum atomic E-state index is -0.0964. The number of rotatable bonds is 8. The van der Waals surface area contributed by atoms with Crippen LogP contribution >= 0.6 is 0 Å². The minimum Gasteiger partial charge on any atom is -0.462 e. The van der Waals surface area contributed by atoms with Gasteiger partial charge in [-0.3, -0.25) is 0 Å². The van der Waals surface area contributed by atoms with Gasteiger partial charge in [-0.2, -0.15) is 0 Å². The van der Waals surface area contributed by atoms with Gasteiger partial charge in [0.1, 0.15) is 0 Å². The minimum absolute atomic E-state index is 0.0964. The highest BCUT2D eigenvalue weighted by atomic mass is 16.5. The normalized spacial score (nSPS) is 25.2. The fraction of sp³-hybridized carbons (Fsp3) is 0.654. The molecular weight excluding hydrogens is 344 g/mol. The Morgan fingerprint density at radius 3 is 2.18 bits per heavy atom. The second-order valence-electron chi connectivity index (χ2n) is 8.86. The number of carbonyl (C=O) groups is 1. The van der Waals surface area contributed by atoms with Crippen LogP contribution < -0.4 is 0 Å². The van der Waals surface area contributed by atoms with E-state index in [1.165, 1.54) is 49.7 Å². The zero-order valence-corrected chi connectivity index (χ0v) is 17.9. The first-order chi connectivity index (χ1) is 13.7. The summed E-state index contributed by atoms with van der Waals surface area (Å²) in [7, 11) is 0. The van der Waals surface area contributed by atoms with Crippen LogP contribution in [0.15, 0.2) is 35.9 Å². The van der Waals surface area contributed by atoms with Gasteiger partial charge in [-0.15, -0.1) is 0 Å². The Morgan fingerprint density at radius 1 is 0.929 bits per heavy atom. The van der Waals surface area contributed by atoms with E-state index in [2.05, 4.69) is 44.2 Å². The van der Waals surface area contributed by atoms with E-state index in [1.807, 2.05) is 0 Å². The molecule has 1 unspecified atom stereocenters. The van der Waals surface area contributed by atoms with Gasteiger partial charge in [0.05, 0.1) is 6.61 Å². The standard InChI is InChI=1S/C26H38O2/c1-3-5-19-28-26(27)25-17-15-24(16-18-25)23-13-11-22(12-14-23)21-9-7-20(6-4-2)8-10-21/h11-14,17,20-21,24H,3-10,15-16,18-19H2,1-2H3. The fourth-order valence-corrected chi connectivity index (χ4v) is 4.96. The van der Waals surface area contributed by atoms with Crippen LogP contribution in [-0.4, -0.2) is 12.6 Å². The van der Waals surface area contributed by atoms with Crippen LogP contribution in [0.3, 0.4) is 0 Å². The lowest BCUT2D eigenvalue weighted by atomic mass is 9.76. The second-order valence-corrected chi connectivity index (χ2v) is 8.86. The van der Waals surface area contributed by atoms with Gasteiger partial charge in [-0.25, -0.2) is 4.79 Å². The first-order valence-electron chi connectivity index (χ1n) is 11.7. The molecule has 0 heterocycles. The lowest BCUT2D eigenvalue weighted by Gasteiger charge is -2.29. The SMILES string of the molecule is CCCCOC(=O)C1=CCC(c2ccc(C3CCC(CCC)CC3)cc2)CC1. The third-order valence-electron chi connectivity index (χ3n) is 6.83. The average molecular weight is 383 g/mol. The highest BCUT2D eigenvalue weighted by Gasteiger charge is 2.23. The molecule has 0 aliphatic heterocycles. The van der Waals surface area contributed by atoms with Gasteiger partial charge >= 0.3 is 5.97 Å². The van der Waals surface area contributed by atoms with E-state index in [0.29, 0.717) is 12.5 Å². The smallest absolute Gasteiger partial charge is 0.333 e. The van der Waals surface area contributed by atoms with E-state index in [-0.39, 0.29) is 5.97 Å². The number of ether oxygens (including phenoxy) is 1. The van der Waals surface area contributed by atoms with Gasteiger partial charge < -0.3 is 4.74 Å². The Morgan fingerprint density at radius 2 is 1.61 bits per heavy atom. The maximum absolute atomic E-state index is 12.1. The van der Waals surface area contributed by atoms with Crippen molar-refractivity contribution in [1.29, 1.82) is 0 Å². The highest BCUT2D eigenvalue weighted by molar-refractivity contribution is 5.88. The summed E-state index contributed by atoms with van der Waals surface area (Å²) in [6.45, 7) is 4.97. The highest BCUT2D eigenvalue weighted by Crippen LogP contribution is 2.38. The molecule has 0 N–H and O–H groups in total. The summed E-state index contributed by atoms with van der Waals surface area (Å²) < 4.78 is 5.36. The number of esters is 1. The van der Waals surface area contributed by atoms with E-state index in [4.69, 9.17) is 4.74 Å². The topological polar surface area (TPSA) is 26.3 Å². The van der Waals surface area contributed by atoms with Crippen molar-refractivity contribution in [3.05, 3.63) is 47.0 Å². The number of carbonyl (C=O) groups excluding carboxylic acids is 1. The summed E-state index contributed by atoms with van der Waals surface area (Å²) in [5.41, 5.74) is 3.84. The molecule has 0 radical (unpaired) electrons. The van der Waals surface area contributed by atoms with Crippen LogP contribution in [0.25, 0.3) is 0 Å². The van der Waals surface area contributed by atoms with E-state index >= 15 is 0 Å². The van der Waals surface area contributed by atoms with Gasteiger partial charge in [-0.1, -0.05) is 63.5 Å². The first-order valence-corrected chi connectivity index (χ1v) is 11.7. The molecule has 0 bridgehead atoms. The number of allylic oxidation sites excluding steroid dienone is 1. The van der Waals surface area contributed by atoms with Crippen molar-refractivity contribution in [3.8, 4) is 0 Å². The second kappa shape index (κ2) is 10.8. The molecule has 0 aromatic heterocycles. The van der Waals surface area contributed by atoms with Crippen molar-refractivity contribution < 1.29 is 9.53 Å². The van der Waals surface area contributed by atoms with Crippen molar-refractivity contribution in [2.24, 2.45) is 5.92 Å². The van der Waals surface area contributed by atoms with Gasteiger partial charge in [0.25, 0.3) is 0 Å². The lowest BCUT2D eigenvalue weighted by molar-refractivity contribution is -0.139. The molecule has 2 heteroatoms. The molecule has 1 saturated carbocycles. The zero-order valence-electron chi connectivity index (χ0n) is 17.9. The summed E-state index contributed by atoms with van der Waals surface area (Å²) in [6.07, 6.45) is 15.3. The summed E-state index contributed by atoms with van der Waals surface area (Å²) in [6, 6.07) is 9.43. The van der Waals surface area contributed by atoms with Crippen molar-refractivity contribution in [1.82, 2.24) is 0 Å². The van der Waals surface area contributed by atoms with Gasteiger partial charge in [-0.05, 0) is 80.2 Å². The third-order valence-corrected chi connectivity index (χ3v) is 6.83. The summed E-state index contributed by atoms with van der Waals surface area (Å²) in [5.74, 6) is 2.18. The van der Waals surface area contributed by atoms with Crippen LogP contribution in [0.2, 0.25) is 0 Å². The molecule has 0 amide bonds. The Bertz CT molecular complexity index is 635. The zero-order chi connectivity index (χ0) is 19.8. The van der Waals surface area contributed by atoms with Gasteiger partial charge in [0, 0.05) is 5.57 Å². The van der Waals surface area contributed by atoms with E-state index in [9.17, 15) is 4.79 Å². The maximum atomic E-state index is 12.1. The van der Waals surface area contributed by atoms with Crippen molar-refractivity contribution >= 4 is 5.97 Å². The Hall–Kier alpha value is -1.57. The molecule has 0 spiro atoms. The summed E-state index contributed by atoms with van der Waals surface area (Å²) in [5, 5.41) is 0. The van der Waals surface area contributed by atoms with Crippen LogP contribution in [0.4, 0.5) is 0 Å². The van der Waals surface area contributed by atoms with E-state index < -0.39 is 0 Å². The Labute approximate surface area is 171 Å². The van der Waals surface area contributed by atoms with Crippen LogP contribution in [0, 0.1) is 5.92 Å². The van der Waals surface area contributed by atoms with E-state index in [1.54, 1.807) is 0 Å². The fourth-order valence-electron chi connectivity index (χ4n) is 4.96. The largest absolute Gasteiger partial charge is 0.462 e. The van der Waals surface area contributed by atoms with E-state index in [0.717, 1.165) is 49.5 Å². The predicted molar refractivity (Wildman–Crippen MR) is 117 cm³/mol. The molecule has 1 aromatic carbocycles.